The summed E-state index contributed by atoms with van der Waals surface area (Å²) < 4.78 is 5.54. The summed E-state index contributed by atoms with van der Waals surface area (Å²) in [6, 6.07) is 3.78. The van der Waals surface area contributed by atoms with E-state index in [1.165, 1.54) is 0 Å². The van der Waals surface area contributed by atoms with Gasteiger partial charge in [0.05, 0.1) is 12.1 Å². The zero-order chi connectivity index (χ0) is 12.9. The number of nitrogens with one attached hydrogen (secondary N) is 1. The molecule has 0 fully saturated rings. The Hall–Kier alpha value is -1.29. The molecule has 4 heteroatoms. The van der Waals surface area contributed by atoms with Crippen molar-refractivity contribution >= 4 is 5.82 Å². The van der Waals surface area contributed by atoms with Gasteiger partial charge in [-0.1, -0.05) is 13.8 Å². The first-order chi connectivity index (χ1) is 8.03. The minimum Gasteiger partial charge on any atom is -0.490 e. The molecule has 96 valence electrons. The number of aromatic nitrogens is 1. The van der Waals surface area contributed by atoms with Crippen molar-refractivity contribution in [1.29, 1.82) is 0 Å². The van der Waals surface area contributed by atoms with Crippen molar-refractivity contribution in [3.8, 4) is 5.75 Å². The van der Waals surface area contributed by atoms with Gasteiger partial charge in [-0.15, -0.1) is 0 Å². The Kier molecular flexibility index (Phi) is 4.75. The second-order valence-electron chi connectivity index (χ2n) is 4.68. The molecule has 0 bridgehead atoms. The highest BCUT2D eigenvalue weighted by Gasteiger charge is 2.27. The van der Waals surface area contributed by atoms with Crippen molar-refractivity contribution in [1.82, 2.24) is 4.98 Å². The Morgan fingerprint density at radius 2 is 2.24 bits per heavy atom. The van der Waals surface area contributed by atoms with E-state index < -0.39 is 0 Å². The molecule has 1 aromatic rings. The molecule has 0 aliphatic heterocycles. The average molecular weight is 237 g/mol. The van der Waals surface area contributed by atoms with E-state index in [2.05, 4.69) is 31.1 Å². The molecular formula is C13H23N3O. The fraction of sp³-hybridized carbons (Fsp3) is 0.615. The summed E-state index contributed by atoms with van der Waals surface area (Å²) in [5.74, 6) is 1.94. The molecule has 0 amide bonds. The van der Waals surface area contributed by atoms with Crippen LogP contribution in [0.25, 0.3) is 0 Å². The number of ether oxygens (including phenoxy) is 1. The minimum atomic E-state index is -0.180. The van der Waals surface area contributed by atoms with Gasteiger partial charge in [0.25, 0.3) is 0 Å². The van der Waals surface area contributed by atoms with E-state index in [4.69, 9.17) is 10.5 Å². The standard InChI is InChI=1S/C13H23N3O/c1-5-17-11-7-6-8-15-12(11)16-13(4,9-14)10(2)3/h6-8,10H,5,9,14H2,1-4H3,(H,15,16). The molecule has 0 spiro atoms. The number of nitrogens with zero attached hydrogens (tertiary/aromatic N) is 1. The van der Waals surface area contributed by atoms with Crippen LogP contribution in [-0.4, -0.2) is 23.7 Å². The highest BCUT2D eigenvalue weighted by molar-refractivity contribution is 5.51. The van der Waals surface area contributed by atoms with Gasteiger partial charge >= 0.3 is 0 Å². The van der Waals surface area contributed by atoms with Crippen molar-refractivity contribution in [2.75, 3.05) is 18.5 Å². The van der Waals surface area contributed by atoms with Crippen molar-refractivity contribution in [3.05, 3.63) is 18.3 Å². The molecule has 0 saturated heterocycles. The average Bonchev–Trinajstić information content (AvgIpc) is 2.31. The summed E-state index contributed by atoms with van der Waals surface area (Å²) in [6.45, 7) is 9.52. The van der Waals surface area contributed by atoms with E-state index in [0.29, 0.717) is 19.1 Å². The topological polar surface area (TPSA) is 60.2 Å². The largest absolute Gasteiger partial charge is 0.490 e. The molecule has 1 aromatic heterocycles. The van der Waals surface area contributed by atoms with Crippen LogP contribution in [0.15, 0.2) is 18.3 Å². The van der Waals surface area contributed by atoms with Crippen LogP contribution in [0.4, 0.5) is 5.82 Å². The molecule has 0 saturated carbocycles. The molecule has 1 atom stereocenters. The summed E-state index contributed by atoms with van der Waals surface area (Å²) in [5.41, 5.74) is 5.67. The summed E-state index contributed by atoms with van der Waals surface area (Å²) in [5, 5.41) is 3.40. The van der Waals surface area contributed by atoms with Crippen LogP contribution in [0, 0.1) is 5.92 Å². The van der Waals surface area contributed by atoms with Crippen LogP contribution >= 0.6 is 0 Å². The highest BCUT2D eigenvalue weighted by Crippen LogP contribution is 2.27. The third kappa shape index (κ3) is 3.33. The van der Waals surface area contributed by atoms with Crippen LogP contribution in [0.2, 0.25) is 0 Å². The summed E-state index contributed by atoms with van der Waals surface area (Å²) in [7, 11) is 0. The zero-order valence-electron chi connectivity index (χ0n) is 11.2. The van der Waals surface area contributed by atoms with E-state index in [1.54, 1.807) is 6.20 Å². The number of hydrogen-bond acceptors (Lipinski definition) is 4. The van der Waals surface area contributed by atoms with E-state index >= 15 is 0 Å². The van der Waals surface area contributed by atoms with Gasteiger partial charge in [-0.3, -0.25) is 0 Å². The third-order valence-corrected chi connectivity index (χ3v) is 3.17. The summed E-state index contributed by atoms with van der Waals surface area (Å²) in [4.78, 5) is 4.32. The fourth-order valence-electron chi connectivity index (χ4n) is 1.46. The Balaban J connectivity index is 2.93. The van der Waals surface area contributed by atoms with Gasteiger partial charge < -0.3 is 15.8 Å². The van der Waals surface area contributed by atoms with E-state index in [1.807, 2.05) is 19.1 Å². The van der Waals surface area contributed by atoms with Gasteiger partial charge in [-0.2, -0.15) is 0 Å². The number of hydrogen-bond donors (Lipinski definition) is 2. The molecule has 0 aliphatic rings. The molecule has 3 N–H and O–H groups in total. The van der Waals surface area contributed by atoms with Crippen LogP contribution in [0.3, 0.4) is 0 Å². The van der Waals surface area contributed by atoms with Gasteiger partial charge in [0.15, 0.2) is 11.6 Å². The van der Waals surface area contributed by atoms with E-state index in [-0.39, 0.29) is 5.54 Å². The molecule has 17 heavy (non-hydrogen) atoms. The van der Waals surface area contributed by atoms with Crippen molar-refractivity contribution in [2.24, 2.45) is 11.7 Å². The van der Waals surface area contributed by atoms with Crippen LogP contribution in [0.5, 0.6) is 5.75 Å². The first kappa shape index (κ1) is 13.8. The van der Waals surface area contributed by atoms with E-state index in [9.17, 15) is 0 Å². The van der Waals surface area contributed by atoms with Gasteiger partial charge in [-0.05, 0) is 31.9 Å². The van der Waals surface area contributed by atoms with Crippen LogP contribution < -0.4 is 15.8 Å². The van der Waals surface area contributed by atoms with E-state index in [0.717, 1.165) is 11.6 Å². The van der Waals surface area contributed by atoms with Crippen LogP contribution in [-0.2, 0) is 0 Å². The van der Waals surface area contributed by atoms with Crippen LogP contribution in [0.1, 0.15) is 27.7 Å². The molecule has 1 heterocycles. The van der Waals surface area contributed by atoms with Gasteiger partial charge in [0.1, 0.15) is 0 Å². The first-order valence-electron chi connectivity index (χ1n) is 6.09. The van der Waals surface area contributed by atoms with Gasteiger partial charge in [0, 0.05) is 12.7 Å². The van der Waals surface area contributed by atoms with Crippen molar-refractivity contribution < 1.29 is 4.74 Å². The maximum Gasteiger partial charge on any atom is 0.169 e. The first-order valence-corrected chi connectivity index (χ1v) is 6.09. The molecule has 4 nitrogen and oxygen atoms in total. The lowest BCUT2D eigenvalue weighted by molar-refractivity contribution is 0.335. The quantitative estimate of drug-likeness (QED) is 0.796. The SMILES string of the molecule is CCOc1cccnc1NC(C)(CN)C(C)C. The molecule has 0 radical (unpaired) electrons. The maximum atomic E-state index is 5.85. The predicted molar refractivity (Wildman–Crippen MR) is 71.3 cm³/mol. The molecule has 1 unspecified atom stereocenters. The lowest BCUT2D eigenvalue weighted by Crippen LogP contribution is -2.47. The van der Waals surface area contributed by atoms with Gasteiger partial charge in [0.2, 0.25) is 0 Å². The number of pyridine rings is 1. The molecular weight excluding hydrogens is 214 g/mol. The normalized spacial score (nSPS) is 14.5. The van der Waals surface area contributed by atoms with Crippen molar-refractivity contribution in [3.63, 3.8) is 0 Å². The molecule has 0 aromatic carbocycles. The smallest absolute Gasteiger partial charge is 0.169 e. The fourth-order valence-corrected chi connectivity index (χ4v) is 1.46. The Labute approximate surface area is 104 Å². The number of rotatable bonds is 6. The number of anilines is 1. The summed E-state index contributed by atoms with van der Waals surface area (Å²) >= 11 is 0. The monoisotopic (exact) mass is 237 g/mol. The molecule has 0 aliphatic carbocycles. The minimum absolute atomic E-state index is 0.180. The Bertz CT molecular complexity index is 354. The predicted octanol–water partition coefficient (Wildman–Crippen LogP) is 2.27. The Morgan fingerprint density at radius 1 is 1.53 bits per heavy atom. The lowest BCUT2D eigenvalue weighted by atomic mass is 9.88. The third-order valence-electron chi connectivity index (χ3n) is 3.17. The second-order valence-corrected chi connectivity index (χ2v) is 4.68. The highest BCUT2D eigenvalue weighted by atomic mass is 16.5. The second kappa shape index (κ2) is 5.87. The van der Waals surface area contributed by atoms with Gasteiger partial charge in [-0.25, -0.2) is 4.98 Å². The lowest BCUT2D eigenvalue weighted by Gasteiger charge is -2.34. The summed E-state index contributed by atoms with van der Waals surface area (Å²) in [6.07, 6.45) is 1.75. The molecule has 1 rings (SSSR count). The zero-order valence-corrected chi connectivity index (χ0v) is 11.2. The van der Waals surface area contributed by atoms with Crippen molar-refractivity contribution in [2.45, 2.75) is 33.2 Å². The number of nitrogens with two attached hydrogens (primary N) is 1. The Morgan fingerprint density at radius 3 is 2.76 bits per heavy atom. The maximum absolute atomic E-state index is 5.85.